The second-order valence-electron chi connectivity index (χ2n) is 3.95. The van der Waals surface area contributed by atoms with Crippen LogP contribution in [0.5, 0.6) is 0 Å². The third-order valence-corrected chi connectivity index (χ3v) is 2.61. The Labute approximate surface area is 90.7 Å². The van der Waals surface area contributed by atoms with Crippen LogP contribution in [-0.2, 0) is 4.79 Å². The Kier molecular flexibility index (Phi) is 4.15. The second-order valence-corrected chi connectivity index (χ2v) is 3.95. The molecule has 2 unspecified atom stereocenters. The molecule has 94 valence electrons. The fourth-order valence-corrected chi connectivity index (χ4v) is 1.88. The van der Waals surface area contributed by atoms with Gasteiger partial charge in [0.1, 0.15) is 6.04 Å². The highest BCUT2D eigenvalue weighted by Gasteiger charge is 2.45. The van der Waals surface area contributed by atoms with E-state index in [9.17, 15) is 23.1 Å². The first-order valence-electron chi connectivity index (χ1n) is 5.01. The molecule has 4 nitrogen and oxygen atoms in total. The number of hydrogen-bond acceptors (Lipinski definition) is 3. The summed E-state index contributed by atoms with van der Waals surface area (Å²) in [6.07, 6.45) is -5.43. The number of rotatable bonds is 3. The Morgan fingerprint density at radius 3 is 2.56 bits per heavy atom. The van der Waals surface area contributed by atoms with E-state index in [1.807, 2.05) is 0 Å². The Morgan fingerprint density at radius 1 is 1.50 bits per heavy atom. The molecule has 1 saturated heterocycles. The molecule has 1 aliphatic heterocycles. The van der Waals surface area contributed by atoms with E-state index in [-0.39, 0.29) is 13.1 Å². The lowest BCUT2D eigenvalue weighted by Crippen LogP contribution is -2.52. The van der Waals surface area contributed by atoms with Crippen LogP contribution < -0.4 is 0 Å². The molecular formula is C9H14F3NO3. The summed E-state index contributed by atoms with van der Waals surface area (Å²) in [5, 5.41) is 17.7. The standard InChI is InChI=1S/C9H14F3NO3/c10-9(11,12)7(4-8(15)16)13-3-1-2-6(14)5-13/h6-7,14H,1-5H2,(H,15,16). The molecule has 0 aromatic carbocycles. The van der Waals surface area contributed by atoms with E-state index in [0.29, 0.717) is 12.8 Å². The van der Waals surface area contributed by atoms with E-state index >= 15 is 0 Å². The minimum Gasteiger partial charge on any atom is -0.481 e. The lowest BCUT2D eigenvalue weighted by atomic mass is 10.0. The van der Waals surface area contributed by atoms with Crippen molar-refractivity contribution >= 4 is 5.97 Å². The van der Waals surface area contributed by atoms with Gasteiger partial charge >= 0.3 is 12.1 Å². The van der Waals surface area contributed by atoms with Crippen LogP contribution in [0.25, 0.3) is 0 Å². The summed E-state index contributed by atoms with van der Waals surface area (Å²) in [5.41, 5.74) is 0. The lowest BCUT2D eigenvalue weighted by Gasteiger charge is -2.36. The van der Waals surface area contributed by atoms with Crippen LogP contribution in [0.1, 0.15) is 19.3 Å². The van der Waals surface area contributed by atoms with Crippen molar-refractivity contribution in [3.63, 3.8) is 0 Å². The minimum atomic E-state index is -4.57. The normalized spacial score (nSPS) is 25.4. The third kappa shape index (κ3) is 3.64. The van der Waals surface area contributed by atoms with Gasteiger partial charge in [0.05, 0.1) is 12.5 Å². The Balaban J connectivity index is 2.71. The number of carboxylic acids is 1. The molecule has 0 aromatic rings. The number of alkyl halides is 3. The van der Waals surface area contributed by atoms with Crippen molar-refractivity contribution in [2.75, 3.05) is 13.1 Å². The number of likely N-dealkylation sites (tertiary alicyclic amines) is 1. The summed E-state index contributed by atoms with van der Waals surface area (Å²) in [4.78, 5) is 11.4. The van der Waals surface area contributed by atoms with Crippen LogP contribution in [0.3, 0.4) is 0 Å². The maximum absolute atomic E-state index is 12.6. The van der Waals surface area contributed by atoms with Crippen molar-refractivity contribution in [2.24, 2.45) is 0 Å². The van der Waals surface area contributed by atoms with Gasteiger partial charge in [0.15, 0.2) is 0 Å². The van der Waals surface area contributed by atoms with Crippen LogP contribution in [0.4, 0.5) is 13.2 Å². The second kappa shape index (κ2) is 5.01. The smallest absolute Gasteiger partial charge is 0.404 e. The molecular weight excluding hydrogens is 227 g/mol. The van der Waals surface area contributed by atoms with Gasteiger partial charge in [-0.1, -0.05) is 0 Å². The number of hydrogen-bond donors (Lipinski definition) is 2. The monoisotopic (exact) mass is 241 g/mol. The zero-order valence-electron chi connectivity index (χ0n) is 8.57. The van der Waals surface area contributed by atoms with E-state index in [4.69, 9.17) is 5.11 Å². The fraction of sp³-hybridized carbons (Fsp3) is 0.889. The number of aliphatic hydroxyl groups excluding tert-OH is 1. The molecule has 2 atom stereocenters. The van der Waals surface area contributed by atoms with E-state index < -0.39 is 30.7 Å². The van der Waals surface area contributed by atoms with Crippen molar-refractivity contribution in [2.45, 2.75) is 37.6 Å². The van der Waals surface area contributed by atoms with Gasteiger partial charge in [-0.25, -0.2) is 0 Å². The van der Waals surface area contributed by atoms with Crippen LogP contribution in [0.15, 0.2) is 0 Å². The van der Waals surface area contributed by atoms with E-state index in [1.54, 1.807) is 0 Å². The van der Waals surface area contributed by atoms with Gasteiger partial charge in [0.2, 0.25) is 0 Å². The Bertz CT molecular complexity index is 257. The molecule has 16 heavy (non-hydrogen) atoms. The molecule has 0 spiro atoms. The zero-order chi connectivity index (χ0) is 12.3. The number of aliphatic hydroxyl groups is 1. The SMILES string of the molecule is O=C(O)CC(N1CCCC(O)C1)C(F)(F)F. The van der Waals surface area contributed by atoms with Crippen molar-refractivity contribution in [1.82, 2.24) is 4.90 Å². The van der Waals surface area contributed by atoms with Gasteiger partial charge in [-0.15, -0.1) is 0 Å². The number of carbonyl (C=O) groups is 1. The summed E-state index contributed by atoms with van der Waals surface area (Å²) in [6, 6.07) is -2.00. The molecule has 0 bridgehead atoms. The van der Waals surface area contributed by atoms with Gasteiger partial charge in [0, 0.05) is 6.54 Å². The summed E-state index contributed by atoms with van der Waals surface area (Å²) in [6.45, 7) is 0.0615. The van der Waals surface area contributed by atoms with Crippen LogP contribution in [-0.4, -0.2) is 52.5 Å². The molecule has 0 aliphatic carbocycles. The van der Waals surface area contributed by atoms with Crippen molar-refractivity contribution in [3.05, 3.63) is 0 Å². The average molecular weight is 241 g/mol. The van der Waals surface area contributed by atoms with Crippen molar-refractivity contribution < 1.29 is 28.2 Å². The van der Waals surface area contributed by atoms with Gasteiger partial charge < -0.3 is 10.2 Å². The number of nitrogens with zero attached hydrogens (tertiary/aromatic N) is 1. The topological polar surface area (TPSA) is 60.8 Å². The first-order chi connectivity index (χ1) is 7.30. The number of carboxylic acid groups (broad SMARTS) is 1. The summed E-state index contributed by atoms with van der Waals surface area (Å²) < 4.78 is 37.8. The van der Waals surface area contributed by atoms with Crippen molar-refractivity contribution in [3.8, 4) is 0 Å². The molecule has 0 saturated carbocycles. The molecule has 1 fully saturated rings. The number of piperidine rings is 1. The number of aliphatic carboxylic acids is 1. The molecule has 1 aliphatic rings. The third-order valence-electron chi connectivity index (χ3n) is 2.61. The summed E-state index contributed by atoms with van der Waals surface area (Å²) in [5.74, 6) is -1.48. The van der Waals surface area contributed by atoms with E-state index in [2.05, 4.69) is 0 Å². The highest BCUT2D eigenvalue weighted by Crippen LogP contribution is 2.29. The number of halogens is 3. The minimum absolute atomic E-state index is 0.114. The molecule has 0 amide bonds. The average Bonchev–Trinajstić information content (AvgIpc) is 2.12. The molecule has 2 N–H and O–H groups in total. The number of β-amino-alcohol motifs (C(OH)–C–C–N with tert-alkyl or cyclic N) is 1. The first-order valence-corrected chi connectivity index (χ1v) is 5.01. The van der Waals surface area contributed by atoms with Gasteiger partial charge in [0.25, 0.3) is 0 Å². The molecule has 0 aromatic heterocycles. The maximum atomic E-state index is 12.6. The van der Waals surface area contributed by atoms with Gasteiger partial charge in [-0.05, 0) is 19.4 Å². The predicted molar refractivity (Wildman–Crippen MR) is 48.9 cm³/mol. The lowest BCUT2D eigenvalue weighted by molar-refractivity contribution is -0.196. The molecule has 0 radical (unpaired) electrons. The molecule has 1 heterocycles. The Hall–Kier alpha value is -0.820. The maximum Gasteiger partial charge on any atom is 0.404 e. The summed E-state index contributed by atoms with van der Waals surface area (Å²) in [7, 11) is 0. The largest absolute Gasteiger partial charge is 0.481 e. The van der Waals surface area contributed by atoms with Gasteiger partial charge in [-0.3, -0.25) is 9.69 Å². The molecule has 1 rings (SSSR count). The fourth-order valence-electron chi connectivity index (χ4n) is 1.88. The Morgan fingerprint density at radius 2 is 2.12 bits per heavy atom. The highest BCUT2D eigenvalue weighted by molar-refractivity contribution is 5.67. The van der Waals surface area contributed by atoms with E-state index in [1.165, 1.54) is 0 Å². The first kappa shape index (κ1) is 13.2. The van der Waals surface area contributed by atoms with Crippen LogP contribution in [0, 0.1) is 0 Å². The quantitative estimate of drug-likeness (QED) is 0.769. The van der Waals surface area contributed by atoms with Crippen LogP contribution in [0.2, 0.25) is 0 Å². The zero-order valence-corrected chi connectivity index (χ0v) is 8.57. The summed E-state index contributed by atoms with van der Waals surface area (Å²) >= 11 is 0. The predicted octanol–water partition coefficient (Wildman–Crippen LogP) is 0.849. The highest BCUT2D eigenvalue weighted by atomic mass is 19.4. The van der Waals surface area contributed by atoms with Crippen molar-refractivity contribution in [1.29, 1.82) is 0 Å². The molecule has 7 heteroatoms. The van der Waals surface area contributed by atoms with Gasteiger partial charge in [-0.2, -0.15) is 13.2 Å². The van der Waals surface area contributed by atoms with E-state index in [0.717, 1.165) is 4.90 Å². The van der Waals surface area contributed by atoms with Crippen LogP contribution >= 0.6 is 0 Å².